The normalized spacial score (nSPS) is 11.2. The Morgan fingerprint density at radius 3 is 2.65 bits per heavy atom. The second-order valence-corrected chi connectivity index (χ2v) is 4.11. The number of halogens is 3. The zero-order chi connectivity index (χ0) is 15.2. The van der Waals surface area contributed by atoms with Gasteiger partial charge in [-0.3, -0.25) is 4.79 Å². The average molecular weight is 291 g/mol. The van der Waals surface area contributed by atoms with Crippen LogP contribution in [0.2, 0.25) is 0 Å². The number of hydrogen-bond acceptors (Lipinski definition) is 3. The van der Waals surface area contributed by atoms with Gasteiger partial charge >= 0.3 is 6.18 Å². The summed E-state index contributed by atoms with van der Waals surface area (Å²) in [5, 5.41) is 2.50. The van der Waals surface area contributed by atoms with E-state index in [0.717, 1.165) is 6.07 Å². The van der Waals surface area contributed by atoms with Crippen LogP contribution in [-0.2, 0) is 15.7 Å². The fourth-order valence-corrected chi connectivity index (χ4v) is 1.54. The van der Waals surface area contributed by atoms with Crippen LogP contribution in [0.25, 0.3) is 0 Å². The topological polar surface area (TPSA) is 47.6 Å². The maximum Gasteiger partial charge on any atom is 0.416 e. The van der Waals surface area contributed by atoms with E-state index in [2.05, 4.69) is 10.1 Å². The summed E-state index contributed by atoms with van der Waals surface area (Å²) in [7, 11) is 1.39. The molecule has 112 valence electrons. The number of carbonyl (C=O) groups is 1. The Hall–Kier alpha value is -1.76. The first kappa shape index (κ1) is 16.3. The molecule has 0 radical (unpaired) electrons. The lowest BCUT2D eigenvalue weighted by Crippen LogP contribution is -2.30. The SMILES string of the molecule is COCC(=O)NCCOc1ccc(C)c(C(F)(F)F)c1. The molecule has 1 rings (SSSR count). The summed E-state index contributed by atoms with van der Waals surface area (Å²) in [5.41, 5.74) is -0.586. The summed E-state index contributed by atoms with van der Waals surface area (Å²) in [4.78, 5) is 11.0. The standard InChI is InChI=1S/C13H16F3NO3/c1-9-3-4-10(7-11(9)13(14,15)16)20-6-5-17-12(18)8-19-2/h3-4,7H,5-6,8H2,1-2H3,(H,17,18). The van der Waals surface area contributed by atoms with Crippen molar-refractivity contribution in [3.05, 3.63) is 29.3 Å². The second kappa shape index (κ2) is 7.14. The number of amides is 1. The molecule has 0 aromatic heterocycles. The number of nitrogens with one attached hydrogen (secondary N) is 1. The van der Waals surface area contributed by atoms with Crippen molar-refractivity contribution in [1.82, 2.24) is 5.32 Å². The van der Waals surface area contributed by atoms with Crippen molar-refractivity contribution < 1.29 is 27.4 Å². The first-order valence-electron chi connectivity index (χ1n) is 5.91. The Balaban J connectivity index is 2.51. The summed E-state index contributed by atoms with van der Waals surface area (Å²) in [6, 6.07) is 3.76. The zero-order valence-electron chi connectivity index (χ0n) is 11.2. The molecule has 0 aliphatic rings. The molecule has 7 heteroatoms. The third-order valence-corrected chi connectivity index (χ3v) is 2.48. The van der Waals surface area contributed by atoms with Gasteiger partial charge in [0.05, 0.1) is 12.1 Å². The number of rotatable bonds is 6. The Labute approximate surface area is 114 Å². The Morgan fingerprint density at radius 1 is 1.35 bits per heavy atom. The van der Waals surface area contributed by atoms with E-state index in [4.69, 9.17) is 4.74 Å². The summed E-state index contributed by atoms with van der Waals surface area (Å²) in [5.74, 6) is -0.195. The van der Waals surface area contributed by atoms with Gasteiger partial charge < -0.3 is 14.8 Å². The molecule has 0 atom stereocenters. The predicted octanol–water partition coefficient (Wildman–Crippen LogP) is 2.16. The van der Waals surface area contributed by atoms with E-state index in [1.165, 1.54) is 26.2 Å². The third-order valence-electron chi connectivity index (χ3n) is 2.48. The van der Waals surface area contributed by atoms with Crippen LogP contribution in [0.3, 0.4) is 0 Å². The van der Waals surface area contributed by atoms with Gasteiger partial charge in [-0.05, 0) is 24.6 Å². The van der Waals surface area contributed by atoms with Gasteiger partial charge in [-0.2, -0.15) is 13.2 Å². The van der Waals surface area contributed by atoms with Gasteiger partial charge in [-0.25, -0.2) is 0 Å². The fraction of sp³-hybridized carbons (Fsp3) is 0.462. The van der Waals surface area contributed by atoms with Crippen LogP contribution >= 0.6 is 0 Å². The van der Waals surface area contributed by atoms with Gasteiger partial charge in [0.1, 0.15) is 19.0 Å². The monoisotopic (exact) mass is 291 g/mol. The quantitative estimate of drug-likeness (QED) is 0.817. The lowest BCUT2D eigenvalue weighted by Gasteiger charge is -2.13. The van der Waals surface area contributed by atoms with Crippen LogP contribution in [0.1, 0.15) is 11.1 Å². The number of benzene rings is 1. The number of aryl methyl sites for hydroxylation is 1. The van der Waals surface area contributed by atoms with E-state index in [1.54, 1.807) is 0 Å². The molecule has 4 nitrogen and oxygen atoms in total. The highest BCUT2D eigenvalue weighted by Gasteiger charge is 2.32. The van der Waals surface area contributed by atoms with Crippen LogP contribution in [0.4, 0.5) is 13.2 Å². The lowest BCUT2D eigenvalue weighted by molar-refractivity contribution is -0.138. The molecule has 20 heavy (non-hydrogen) atoms. The highest BCUT2D eigenvalue weighted by atomic mass is 19.4. The van der Waals surface area contributed by atoms with E-state index >= 15 is 0 Å². The number of alkyl halides is 3. The smallest absolute Gasteiger partial charge is 0.416 e. The first-order chi connectivity index (χ1) is 9.34. The molecular formula is C13H16F3NO3. The van der Waals surface area contributed by atoms with Crippen molar-refractivity contribution in [2.45, 2.75) is 13.1 Å². The molecular weight excluding hydrogens is 275 g/mol. The van der Waals surface area contributed by atoms with Crippen molar-refractivity contribution in [3.63, 3.8) is 0 Å². The van der Waals surface area contributed by atoms with Gasteiger partial charge in [0.25, 0.3) is 0 Å². The van der Waals surface area contributed by atoms with E-state index in [-0.39, 0.29) is 37.0 Å². The Bertz CT molecular complexity index is 461. The van der Waals surface area contributed by atoms with Gasteiger partial charge in [-0.15, -0.1) is 0 Å². The molecule has 1 aromatic rings. The highest BCUT2D eigenvalue weighted by molar-refractivity contribution is 5.77. The van der Waals surface area contributed by atoms with Crippen LogP contribution in [-0.4, -0.2) is 32.8 Å². The highest BCUT2D eigenvalue weighted by Crippen LogP contribution is 2.33. The second-order valence-electron chi connectivity index (χ2n) is 4.11. The average Bonchev–Trinajstić information content (AvgIpc) is 2.35. The molecule has 0 heterocycles. The number of hydrogen-bond donors (Lipinski definition) is 1. The minimum atomic E-state index is -4.41. The van der Waals surface area contributed by atoms with Crippen molar-refractivity contribution in [1.29, 1.82) is 0 Å². The zero-order valence-corrected chi connectivity index (χ0v) is 11.2. The molecule has 0 spiro atoms. The summed E-state index contributed by atoms with van der Waals surface area (Å²) in [6.07, 6.45) is -4.41. The molecule has 0 aliphatic heterocycles. The van der Waals surface area contributed by atoms with Crippen LogP contribution in [0.5, 0.6) is 5.75 Å². The molecule has 1 amide bonds. The molecule has 0 saturated carbocycles. The largest absolute Gasteiger partial charge is 0.492 e. The summed E-state index contributed by atoms with van der Waals surface area (Å²) < 4.78 is 47.8. The maximum atomic E-state index is 12.7. The molecule has 0 bridgehead atoms. The van der Waals surface area contributed by atoms with Crippen molar-refractivity contribution >= 4 is 5.91 Å². The van der Waals surface area contributed by atoms with E-state index < -0.39 is 11.7 Å². The minimum Gasteiger partial charge on any atom is -0.492 e. The minimum absolute atomic E-state index is 0.0667. The molecule has 0 aliphatic carbocycles. The van der Waals surface area contributed by atoms with Crippen LogP contribution < -0.4 is 10.1 Å². The molecule has 1 N–H and O–H groups in total. The fourth-order valence-electron chi connectivity index (χ4n) is 1.54. The van der Waals surface area contributed by atoms with E-state index in [9.17, 15) is 18.0 Å². The number of methoxy groups -OCH3 is 1. The first-order valence-corrected chi connectivity index (χ1v) is 5.91. The van der Waals surface area contributed by atoms with E-state index in [1.807, 2.05) is 0 Å². The third kappa shape index (κ3) is 5.08. The predicted molar refractivity (Wildman–Crippen MR) is 66.6 cm³/mol. The molecule has 0 saturated heterocycles. The van der Waals surface area contributed by atoms with Gasteiger partial charge in [0.2, 0.25) is 5.91 Å². The summed E-state index contributed by atoms with van der Waals surface area (Å²) >= 11 is 0. The maximum absolute atomic E-state index is 12.7. The van der Waals surface area contributed by atoms with Crippen molar-refractivity contribution in [2.75, 3.05) is 26.9 Å². The van der Waals surface area contributed by atoms with Gasteiger partial charge in [0.15, 0.2) is 0 Å². The van der Waals surface area contributed by atoms with Crippen LogP contribution in [0, 0.1) is 6.92 Å². The van der Waals surface area contributed by atoms with E-state index in [0.29, 0.717) is 0 Å². The van der Waals surface area contributed by atoms with Crippen molar-refractivity contribution in [3.8, 4) is 5.75 Å². The van der Waals surface area contributed by atoms with Gasteiger partial charge in [0, 0.05) is 7.11 Å². The lowest BCUT2D eigenvalue weighted by atomic mass is 10.1. The van der Waals surface area contributed by atoms with Gasteiger partial charge in [-0.1, -0.05) is 6.07 Å². The molecule has 1 aromatic carbocycles. The molecule has 0 unspecified atom stereocenters. The van der Waals surface area contributed by atoms with Crippen molar-refractivity contribution in [2.24, 2.45) is 0 Å². The van der Waals surface area contributed by atoms with Crippen LogP contribution in [0.15, 0.2) is 18.2 Å². The number of carbonyl (C=O) groups excluding carboxylic acids is 1. The number of ether oxygens (including phenoxy) is 2. The Morgan fingerprint density at radius 2 is 2.05 bits per heavy atom. The summed E-state index contributed by atoms with van der Waals surface area (Å²) in [6.45, 7) is 1.59. The Kier molecular flexibility index (Phi) is 5.82. The molecule has 0 fully saturated rings.